The molecule has 2 aromatic carbocycles. The normalized spacial score (nSPS) is 16.9. The number of nitrogens with zero attached hydrogens (tertiary/aromatic N) is 2. The van der Waals surface area contributed by atoms with Crippen LogP contribution in [-0.2, 0) is 17.8 Å². The number of hydrogen-bond donors (Lipinski definition) is 0. The highest BCUT2D eigenvalue weighted by Gasteiger charge is 2.35. The van der Waals surface area contributed by atoms with Crippen LogP contribution in [0.4, 0.5) is 10.5 Å². The third kappa shape index (κ3) is 4.24. The molecule has 0 bridgehead atoms. The third-order valence-corrected chi connectivity index (χ3v) is 6.77. The zero-order chi connectivity index (χ0) is 21.4. The van der Waals surface area contributed by atoms with E-state index in [-0.39, 0.29) is 17.7 Å². The number of aryl methyl sites for hydroxylation is 1. The fraction of sp³-hybridized carbons (Fsp3) is 0.125. The van der Waals surface area contributed by atoms with Crippen molar-refractivity contribution in [1.29, 1.82) is 0 Å². The Labute approximate surface area is 188 Å². The molecule has 2 amide bonds. The van der Waals surface area contributed by atoms with Crippen LogP contribution in [0.2, 0.25) is 0 Å². The molecule has 5 nitrogen and oxygen atoms in total. The fourth-order valence-electron chi connectivity index (χ4n) is 3.51. The molecule has 0 unspecified atom stereocenters. The minimum atomic E-state index is -0.294. The summed E-state index contributed by atoms with van der Waals surface area (Å²) in [7, 11) is 0. The summed E-state index contributed by atoms with van der Waals surface area (Å²) >= 11 is 2.42. The van der Waals surface area contributed by atoms with Crippen LogP contribution >= 0.6 is 23.5 Å². The molecule has 2 aliphatic heterocycles. The smallest absolute Gasteiger partial charge is 0.293 e. The molecule has 2 aliphatic rings. The summed E-state index contributed by atoms with van der Waals surface area (Å²) in [5.41, 5.74) is 4.23. The lowest BCUT2D eigenvalue weighted by Gasteiger charge is -2.12. The van der Waals surface area contributed by atoms with Crippen LogP contribution in [0.5, 0.6) is 0 Å². The molecule has 31 heavy (non-hydrogen) atoms. The molecule has 0 saturated carbocycles. The van der Waals surface area contributed by atoms with Gasteiger partial charge in [0.05, 0.1) is 22.2 Å². The molecule has 7 heteroatoms. The minimum absolute atomic E-state index is 0.267. The van der Waals surface area contributed by atoms with E-state index in [0.29, 0.717) is 15.8 Å². The van der Waals surface area contributed by atoms with Gasteiger partial charge in [-0.15, -0.1) is 0 Å². The van der Waals surface area contributed by atoms with Gasteiger partial charge in [0.2, 0.25) is 0 Å². The van der Waals surface area contributed by atoms with Crippen molar-refractivity contribution in [2.45, 2.75) is 25.0 Å². The quantitative estimate of drug-likeness (QED) is 0.446. The molecular formula is C24H18N2O3S2. The van der Waals surface area contributed by atoms with E-state index in [4.69, 9.17) is 4.42 Å². The van der Waals surface area contributed by atoms with E-state index in [1.165, 1.54) is 22.2 Å². The number of aliphatic imine (C=N–C) groups is 1. The Morgan fingerprint density at radius 1 is 1.13 bits per heavy atom. The van der Waals surface area contributed by atoms with Crippen molar-refractivity contribution in [3.05, 3.63) is 88.0 Å². The first-order valence-electron chi connectivity index (χ1n) is 9.79. The van der Waals surface area contributed by atoms with Gasteiger partial charge in [0.1, 0.15) is 5.76 Å². The third-order valence-electron chi connectivity index (χ3n) is 4.97. The summed E-state index contributed by atoms with van der Waals surface area (Å²) in [6, 6.07) is 19.5. The standard InChI is InChI=1S/C24H18N2O3S2/c1-15-5-4-6-16(11-15)14-26-23(27)20(30-24(26)28)13-18-9-10-22(29-18)31-21-12-17-7-2-3-8-19(17)25-21/h2-11,13H,12,14H2,1H3. The van der Waals surface area contributed by atoms with E-state index in [0.717, 1.165) is 40.0 Å². The van der Waals surface area contributed by atoms with Gasteiger partial charge in [-0.2, -0.15) is 0 Å². The molecule has 1 aromatic heterocycles. The largest absolute Gasteiger partial charge is 0.450 e. The highest BCUT2D eigenvalue weighted by Crippen LogP contribution is 2.36. The maximum Gasteiger partial charge on any atom is 0.293 e. The number of para-hydroxylation sites is 1. The van der Waals surface area contributed by atoms with Crippen molar-refractivity contribution in [3.63, 3.8) is 0 Å². The number of carbonyl (C=O) groups is 2. The highest BCUT2D eigenvalue weighted by molar-refractivity contribution is 8.18. The number of furan rings is 1. The predicted octanol–water partition coefficient (Wildman–Crippen LogP) is 6.20. The Kier molecular flexibility index (Phi) is 5.29. The number of rotatable bonds is 4. The number of amides is 2. The number of imide groups is 1. The summed E-state index contributed by atoms with van der Waals surface area (Å²) in [6.45, 7) is 2.25. The summed E-state index contributed by atoms with van der Waals surface area (Å²) in [5.74, 6) is 0.248. The molecule has 0 atom stereocenters. The van der Waals surface area contributed by atoms with E-state index in [9.17, 15) is 9.59 Å². The Morgan fingerprint density at radius 3 is 2.84 bits per heavy atom. The molecular weight excluding hydrogens is 428 g/mol. The van der Waals surface area contributed by atoms with Gasteiger partial charge in [-0.3, -0.25) is 14.5 Å². The van der Waals surface area contributed by atoms with Gasteiger partial charge in [0, 0.05) is 12.5 Å². The molecule has 154 valence electrons. The van der Waals surface area contributed by atoms with E-state index in [1.807, 2.05) is 55.5 Å². The van der Waals surface area contributed by atoms with Crippen LogP contribution in [0, 0.1) is 6.92 Å². The lowest BCUT2D eigenvalue weighted by Crippen LogP contribution is -2.27. The summed E-state index contributed by atoms with van der Waals surface area (Å²) < 4.78 is 5.87. The van der Waals surface area contributed by atoms with Crippen molar-refractivity contribution in [2.75, 3.05) is 0 Å². The summed E-state index contributed by atoms with van der Waals surface area (Å²) in [6.07, 6.45) is 2.42. The highest BCUT2D eigenvalue weighted by atomic mass is 32.2. The number of thioether (sulfide) groups is 2. The number of fused-ring (bicyclic) bond motifs is 1. The van der Waals surface area contributed by atoms with Crippen molar-refractivity contribution in [2.24, 2.45) is 4.99 Å². The van der Waals surface area contributed by atoms with Crippen LogP contribution in [0.3, 0.4) is 0 Å². The van der Waals surface area contributed by atoms with Gasteiger partial charge in [-0.05, 0) is 59.8 Å². The van der Waals surface area contributed by atoms with E-state index in [2.05, 4.69) is 11.1 Å². The van der Waals surface area contributed by atoms with Crippen LogP contribution < -0.4 is 0 Å². The summed E-state index contributed by atoms with van der Waals surface area (Å²) in [5, 5.41) is 1.41. The summed E-state index contributed by atoms with van der Waals surface area (Å²) in [4.78, 5) is 31.4. The number of benzene rings is 2. The van der Waals surface area contributed by atoms with Gasteiger partial charge in [0.15, 0.2) is 5.09 Å². The van der Waals surface area contributed by atoms with Crippen molar-refractivity contribution in [1.82, 2.24) is 4.90 Å². The van der Waals surface area contributed by atoms with Crippen LogP contribution in [0.25, 0.3) is 6.08 Å². The Hall–Kier alpha value is -3.03. The lowest BCUT2D eigenvalue weighted by atomic mass is 10.1. The zero-order valence-electron chi connectivity index (χ0n) is 16.7. The first-order chi connectivity index (χ1) is 15.0. The minimum Gasteiger partial charge on any atom is -0.450 e. The second-order valence-electron chi connectivity index (χ2n) is 7.33. The fourth-order valence-corrected chi connectivity index (χ4v) is 5.20. The second kappa shape index (κ2) is 8.24. The molecule has 3 aromatic rings. The maximum absolute atomic E-state index is 12.8. The first-order valence-corrected chi connectivity index (χ1v) is 11.4. The monoisotopic (exact) mass is 446 g/mol. The average Bonchev–Trinajstić information content (AvgIpc) is 3.43. The molecule has 1 fully saturated rings. The van der Waals surface area contributed by atoms with E-state index < -0.39 is 0 Å². The predicted molar refractivity (Wildman–Crippen MR) is 124 cm³/mol. The van der Waals surface area contributed by atoms with Gasteiger partial charge in [-0.25, -0.2) is 4.99 Å². The Morgan fingerprint density at radius 2 is 2.00 bits per heavy atom. The topological polar surface area (TPSA) is 62.9 Å². The van der Waals surface area contributed by atoms with Gasteiger partial charge < -0.3 is 4.42 Å². The van der Waals surface area contributed by atoms with Crippen molar-refractivity contribution in [3.8, 4) is 0 Å². The lowest BCUT2D eigenvalue weighted by molar-refractivity contribution is -0.123. The maximum atomic E-state index is 12.8. The molecule has 1 saturated heterocycles. The molecule has 0 spiro atoms. The second-order valence-corrected chi connectivity index (χ2v) is 9.40. The zero-order valence-corrected chi connectivity index (χ0v) is 18.3. The van der Waals surface area contributed by atoms with Crippen LogP contribution in [0.15, 0.2) is 80.1 Å². The van der Waals surface area contributed by atoms with Crippen LogP contribution in [0.1, 0.15) is 22.5 Å². The molecule has 0 aliphatic carbocycles. The molecule has 5 rings (SSSR count). The number of carbonyl (C=O) groups excluding carboxylic acids is 2. The average molecular weight is 447 g/mol. The number of hydrogen-bond acceptors (Lipinski definition) is 6. The molecule has 0 radical (unpaired) electrons. The first kappa shape index (κ1) is 19.9. The molecule has 0 N–H and O–H groups in total. The van der Waals surface area contributed by atoms with E-state index >= 15 is 0 Å². The van der Waals surface area contributed by atoms with Gasteiger partial charge in [-0.1, -0.05) is 48.0 Å². The van der Waals surface area contributed by atoms with Crippen LogP contribution in [-0.4, -0.2) is 21.1 Å². The van der Waals surface area contributed by atoms with Gasteiger partial charge >= 0.3 is 0 Å². The van der Waals surface area contributed by atoms with Crippen molar-refractivity contribution >= 4 is 51.5 Å². The SMILES string of the molecule is Cc1cccc(CN2C(=O)SC(=Cc3ccc(SC4=Nc5ccccc5C4)o3)C2=O)c1. The Bertz CT molecular complexity index is 1260. The van der Waals surface area contributed by atoms with E-state index in [1.54, 1.807) is 12.1 Å². The Balaban J connectivity index is 1.28. The van der Waals surface area contributed by atoms with Crippen molar-refractivity contribution < 1.29 is 14.0 Å². The van der Waals surface area contributed by atoms with Gasteiger partial charge in [0.25, 0.3) is 11.1 Å². The molecule has 3 heterocycles.